The molecule has 1 heterocycles. The number of allylic oxidation sites excluding steroid dienone is 1. The average molecular weight is 328 g/mol. The van der Waals surface area contributed by atoms with Gasteiger partial charge < -0.3 is 5.11 Å². The number of nitrogens with zero attached hydrogens (tertiary/aromatic N) is 2. The average Bonchev–Trinajstić information content (AvgIpc) is 2.55. The maximum Gasteiger partial charge on any atom is 0.331 e. The SMILES string of the molecule is C=CCn1c(O)c(C(CC)=NNc2ccccc2C)c(=O)[nH]c1=O. The van der Waals surface area contributed by atoms with E-state index in [1.807, 2.05) is 31.2 Å². The molecule has 0 spiro atoms. The summed E-state index contributed by atoms with van der Waals surface area (Å²) in [6, 6.07) is 7.56. The number of rotatable bonds is 6. The van der Waals surface area contributed by atoms with Gasteiger partial charge in [-0.25, -0.2) is 4.79 Å². The van der Waals surface area contributed by atoms with Crippen LogP contribution in [-0.2, 0) is 6.54 Å². The number of para-hydroxylation sites is 1. The third-order valence-electron chi connectivity index (χ3n) is 3.56. The zero-order valence-electron chi connectivity index (χ0n) is 13.7. The summed E-state index contributed by atoms with van der Waals surface area (Å²) < 4.78 is 1.03. The number of aromatic hydroxyl groups is 1. The van der Waals surface area contributed by atoms with Gasteiger partial charge in [-0.2, -0.15) is 5.10 Å². The van der Waals surface area contributed by atoms with Gasteiger partial charge in [-0.1, -0.05) is 31.2 Å². The van der Waals surface area contributed by atoms with E-state index in [1.165, 1.54) is 6.08 Å². The van der Waals surface area contributed by atoms with Crippen LogP contribution in [0.2, 0.25) is 0 Å². The number of benzene rings is 1. The summed E-state index contributed by atoms with van der Waals surface area (Å²) in [7, 11) is 0. The van der Waals surface area contributed by atoms with Crippen LogP contribution in [0.5, 0.6) is 5.88 Å². The molecule has 0 saturated heterocycles. The lowest BCUT2D eigenvalue weighted by molar-refractivity contribution is 0.409. The molecular formula is C17H20N4O3. The highest BCUT2D eigenvalue weighted by Crippen LogP contribution is 2.16. The van der Waals surface area contributed by atoms with Crippen molar-refractivity contribution < 1.29 is 5.11 Å². The van der Waals surface area contributed by atoms with Crippen LogP contribution in [0.3, 0.4) is 0 Å². The van der Waals surface area contributed by atoms with Gasteiger partial charge in [0.15, 0.2) is 0 Å². The Hall–Kier alpha value is -3.09. The third kappa shape index (κ3) is 3.45. The van der Waals surface area contributed by atoms with E-state index in [0.717, 1.165) is 15.8 Å². The van der Waals surface area contributed by atoms with Crippen molar-refractivity contribution in [3.63, 3.8) is 0 Å². The van der Waals surface area contributed by atoms with Crippen LogP contribution in [0.4, 0.5) is 5.69 Å². The molecule has 0 amide bonds. The van der Waals surface area contributed by atoms with Crippen LogP contribution in [0.1, 0.15) is 24.5 Å². The van der Waals surface area contributed by atoms with Crippen LogP contribution < -0.4 is 16.7 Å². The largest absolute Gasteiger partial charge is 0.494 e. The molecule has 24 heavy (non-hydrogen) atoms. The summed E-state index contributed by atoms with van der Waals surface area (Å²) >= 11 is 0. The molecule has 7 heteroatoms. The van der Waals surface area contributed by atoms with Gasteiger partial charge in [0.25, 0.3) is 5.56 Å². The zero-order chi connectivity index (χ0) is 17.7. The first-order chi connectivity index (χ1) is 11.5. The lowest BCUT2D eigenvalue weighted by Crippen LogP contribution is -2.33. The smallest absolute Gasteiger partial charge is 0.331 e. The number of hydrogen-bond donors (Lipinski definition) is 3. The quantitative estimate of drug-likeness (QED) is 0.429. The Morgan fingerprint density at radius 2 is 2.12 bits per heavy atom. The molecular weight excluding hydrogens is 308 g/mol. The minimum atomic E-state index is -0.691. The summed E-state index contributed by atoms with van der Waals surface area (Å²) in [4.78, 5) is 26.1. The van der Waals surface area contributed by atoms with Gasteiger partial charge in [-0.15, -0.1) is 6.58 Å². The topological polar surface area (TPSA) is 99.5 Å². The first-order valence-electron chi connectivity index (χ1n) is 7.55. The Bertz CT molecular complexity index is 893. The van der Waals surface area contributed by atoms with Gasteiger partial charge in [0, 0.05) is 6.54 Å². The van der Waals surface area contributed by atoms with Crippen molar-refractivity contribution >= 4 is 11.4 Å². The van der Waals surface area contributed by atoms with E-state index in [9.17, 15) is 14.7 Å². The molecule has 0 saturated carbocycles. The summed E-state index contributed by atoms with van der Waals surface area (Å²) in [6.07, 6.45) is 1.85. The predicted molar refractivity (Wildman–Crippen MR) is 94.8 cm³/mol. The standard InChI is InChI=1S/C17H20N4O3/c1-4-10-21-16(23)14(15(22)18-17(21)24)12(5-2)19-20-13-9-7-6-8-11(13)3/h4,6-9,20,23H,1,5,10H2,2-3H3,(H,18,22,24). The van der Waals surface area contributed by atoms with Gasteiger partial charge in [0.05, 0.1) is 11.4 Å². The summed E-state index contributed by atoms with van der Waals surface area (Å²) in [6.45, 7) is 7.35. The van der Waals surface area contributed by atoms with E-state index in [2.05, 4.69) is 22.1 Å². The first kappa shape index (κ1) is 17.3. The summed E-state index contributed by atoms with van der Waals surface area (Å²) in [5.41, 5.74) is 3.63. The molecule has 0 radical (unpaired) electrons. The Balaban J connectivity index is 2.51. The lowest BCUT2D eigenvalue weighted by Gasteiger charge is -2.11. The maximum absolute atomic E-state index is 12.1. The minimum absolute atomic E-state index is 0.0277. The number of nitrogens with one attached hydrogen (secondary N) is 2. The second-order valence-corrected chi connectivity index (χ2v) is 5.20. The highest BCUT2D eigenvalue weighted by atomic mass is 16.3. The summed E-state index contributed by atoms with van der Waals surface area (Å²) in [5, 5.41) is 14.6. The van der Waals surface area contributed by atoms with Crippen LogP contribution in [-0.4, -0.2) is 20.4 Å². The molecule has 0 aliphatic rings. The fourth-order valence-electron chi connectivity index (χ4n) is 2.26. The van der Waals surface area contributed by atoms with Crippen molar-refractivity contribution in [3.8, 4) is 5.88 Å². The molecule has 0 fully saturated rings. The second-order valence-electron chi connectivity index (χ2n) is 5.20. The molecule has 0 aliphatic carbocycles. The van der Waals surface area contributed by atoms with Gasteiger partial charge in [-0.3, -0.25) is 19.8 Å². The normalized spacial score (nSPS) is 11.3. The van der Waals surface area contributed by atoms with Gasteiger partial charge in [0.1, 0.15) is 5.56 Å². The Morgan fingerprint density at radius 3 is 2.75 bits per heavy atom. The van der Waals surface area contributed by atoms with E-state index in [4.69, 9.17) is 0 Å². The first-order valence-corrected chi connectivity index (χ1v) is 7.55. The fraction of sp³-hybridized carbons (Fsp3) is 0.235. The molecule has 7 nitrogen and oxygen atoms in total. The van der Waals surface area contributed by atoms with Crippen molar-refractivity contribution in [3.05, 3.63) is 68.9 Å². The molecule has 2 rings (SSSR count). The molecule has 0 bridgehead atoms. The predicted octanol–water partition coefficient (Wildman–Crippen LogP) is 1.96. The van der Waals surface area contributed by atoms with Crippen molar-refractivity contribution in [1.82, 2.24) is 9.55 Å². The van der Waals surface area contributed by atoms with Gasteiger partial charge in [0.2, 0.25) is 5.88 Å². The fourth-order valence-corrected chi connectivity index (χ4v) is 2.26. The third-order valence-corrected chi connectivity index (χ3v) is 3.56. The summed E-state index contributed by atoms with van der Waals surface area (Å²) in [5.74, 6) is -0.421. The molecule has 1 aromatic heterocycles. The van der Waals surface area contributed by atoms with Crippen LogP contribution >= 0.6 is 0 Å². The maximum atomic E-state index is 12.1. The highest BCUT2D eigenvalue weighted by Gasteiger charge is 2.18. The zero-order valence-corrected chi connectivity index (χ0v) is 13.7. The number of hydrazone groups is 1. The number of anilines is 1. The number of aryl methyl sites for hydroxylation is 1. The molecule has 0 unspecified atom stereocenters. The monoisotopic (exact) mass is 328 g/mol. The van der Waals surface area contributed by atoms with Crippen molar-refractivity contribution in [2.24, 2.45) is 5.10 Å². The van der Waals surface area contributed by atoms with Crippen LogP contribution in [0, 0.1) is 6.92 Å². The number of hydrogen-bond acceptors (Lipinski definition) is 5. The Labute approximate surface area is 139 Å². The number of aromatic amines is 1. The molecule has 0 atom stereocenters. The highest BCUT2D eigenvalue weighted by molar-refractivity contribution is 6.02. The van der Waals surface area contributed by atoms with Gasteiger partial charge in [-0.05, 0) is 25.0 Å². The number of H-pyrrole nitrogens is 1. The molecule has 2 aromatic rings. The Kier molecular flexibility index (Phi) is 5.36. The van der Waals surface area contributed by atoms with E-state index >= 15 is 0 Å². The lowest BCUT2D eigenvalue weighted by atomic mass is 10.1. The Morgan fingerprint density at radius 1 is 1.42 bits per heavy atom. The van der Waals surface area contributed by atoms with Crippen LogP contribution in [0.15, 0.2) is 51.6 Å². The van der Waals surface area contributed by atoms with E-state index in [1.54, 1.807) is 6.92 Å². The second kappa shape index (κ2) is 7.45. The van der Waals surface area contributed by atoms with Crippen molar-refractivity contribution in [2.45, 2.75) is 26.8 Å². The van der Waals surface area contributed by atoms with Gasteiger partial charge >= 0.3 is 5.69 Å². The van der Waals surface area contributed by atoms with Crippen molar-refractivity contribution in [1.29, 1.82) is 0 Å². The molecule has 1 aromatic carbocycles. The van der Waals surface area contributed by atoms with E-state index in [0.29, 0.717) is 12.1 Å². The molecule has 0 aliphatic heterocycles. The van der Waals surface area contributed by atoms with Crippen molar-refractivity contribution in [2.75, 3.05) is 5.43 Å². The molecule has 126 valence electrons. The van der Waals surface area contributed by atoms with Crippen LogP contribution in [0.25, 0.3) is 0 Å². The minimum Gasteiger partial charge on any atom is -0.494 e. The number of aromatic nitrogens is 2. The molecule has 3 N–H and O–H groups in total. The van der Waals surface area contributed by atoms with E-state index < -0.39 is 17.1 Å². The van der Waals surface area contributed by atoms with E-state index in [-0.39, 0.29) is 12.1 Å².